The second-order valence-electron chi connectivity index (χ2n) is 7.67. The SMILES string of the molecule is CC1(C)CCCC1NC(=O)c1ccc(N2CCC(O)CC2)cc1. The number of hydrogen-bond donors (Lipinski definition) is 2. The third kappa shape index (κ3) is 3.69. The highest BCUT2D eigenvalue weighted by atomic mass is 16.3. The molecule has 1 atom stereocenters. The fourth-order valence-corrected chi connectivity index (χ4v) is 3.78. The van der Waals surface area contributed by atoms with Gasteiger partial charge in [-0.15, -0.1) is 0 Å². The van der Waals surface area contributed by atoms with Gasteiger partial charge in [-0.3, -0.25) is 4.79 Å². The van der Waals surface area contributed by atoms with Gasteiger partial charge in [-0.1, -0.05) is 20.3 Å². The summed E-state index contributed by atoms with van der Waals surface area (Å²) in [5, 5.41) is 12.8. The van der Waals surface area contributed by atoms with Crippen molar-refractivity contribution >= 4 is 11.6 Å². The number of carbonyl (C=O) groups is 1. The third-order valence-corrected chi connectivity index (χ3v) is 5.52. The molecule has 1 amide bonds. The van der Waals surface area contributed by atoms with E-state index in [0.29, 0.717) is 0 Å². The van der Waals surface area contributed by atoms with E-state index in [0.717, 1.165) is 43.6 Å². The van der Waals surface area contributed by atoms with E-state index in [1.807, 2.05) is 24.3 Å². The zero-order valence-corrected chi connectivity index (χ0v) is 14.2. The van der Waals surface area contributed by atoms with E-state index in [-0.39, 0.29) is 23.5 Å². The number of aliphatic hydroxyl groups excluding tert-OH is 1. The summed E-state index contributed by atoms with van der Waals surface area (Å²) in [7, 11) is 0. The number of nitrogens with zero attached hydrogens (tertiary/aromatic N) is 1. The molecule has 1 saturated heterocycles. The quantitative estimate of drug-likeness (QED) is 0.901. The van der Waals surface area contributed by atoms with Crippen LogP contribution in [0.3, 0.4) is 0 Å². The van der Waals surface area contributed by atoms with Crippen LogP contribution in [0.5, 0.6) is 0 Å². The smallest absolute Gasteiger partial charge is 0.251 e. The van der Waals surface area contributed by atoms with Crippen molar-refractivity contribution in [3.63, 3.8) is 0 Å². The van der Waals surface area contributed by atoms with Crippen LogP contribution in [0.4, 0.5) is 5.69 Å². The topological polar surface area (TPSA) is 52.6 Å². The van der Waals surface area contributed by atoms with Gasteiger partial charge in [-0.05, 0) is 55.4 Å². The van der Waals surface area contributed by atoms with Crippen molar-refractivity contribution in [1.29, 1.82) is 0 Å². The number of amides is 1. The van der Waals surface area contributed by atoms with Crippen LogP contribution in [0.1, 0.15) is 56.3 Å². The molecular formula is C19H28N2O2. The second-order valence-corrected chi connectivity index (χ2v) is 7.67. The van der Waals surface area contributed by atoms with E-state index >= 15 is 0 Å². The minimum Gasteiger partial charge on any atom is -0.393 e. The lowest BCUT2D eigenvalue weighted by molar-refractivity contribution is 0.0910. The maximum atomic E-state index is 12.5. The van der Waals surface area contributed by atoms with Crippen LogP contribution in [-0.2, 0) is 0 Å². The van der Waals surface area contributed by atoms with E-state index in [1.165, 1.54) is 12.8 Å². The number of hydrogen-bond acceptors (Lipinski definition) is 3. The van der Waals surface area contributed by atoms with Gasteiger partial charge in [0.2, 0.25) is 0 Å². The molecule has 23 heavy (non-hydrogen) atoms. The summed E-state index contributed by atoms with van der Waals surface area (Å²) in [5.74, 6) is 0.0330. The first-order valence-corrected chi connectivity index (χ1v) is 8.80. The predicted octanol–water partition coefficient (Wildman–Crippen LogP) is 2.96. The van der Waals surface area contributed by atoms with Gasteiger partial charge in [-0.25, -0.2) is 0 Å². The Balaban J connectivity index is 1.61. The molecule has 0 bridgehead atoms. The minimum atomic E-state index is -0.161. The summed E-state index contributed by atoms with van der Waals surface area (Å²) < 4.78 is 0. The number of anilines is 1. The summed E-state index contributed by atoms with van der Waals surface area (Å²) in [6.07, 6.45) is 4.92. The summed E-state index contributed by atoms with van der Waals surface area (Å²) >= 11 is 0. The molecule has 3 rings (SSSR count). The van der Waals surface area contributed by atoms with Crippen LogP contribution in [-0.4, -0.2) is 36.2 Å². The Bertz CT molecular complexity index is 545. The van der Waals surface area contributed by atoms with Crippen LogP contribution in [0.2, 0.25) is 0 Å². The Hall–Kier alpha value is -1.55. The van der Waals surface area contributed by atoms with E-state index in [1.54, 1.807) is 0 Å². The maximum absolute atomic E-state index is 12.5. The molecule has 2 aliphatic rings. The van der Waals surface area contributed by atoms with Crippen molar-refractivity contribution in [3.8, 4) is 0 Å². The molecule has 126 valence electrons. The van der Waals surface area contributed by atoms with Crippen molar-refractivity contribution in [2.45, 2.75) is 58.1 Å². The average molecular weight is 316 g/mol. The molecule has 0 radical (unpaired) electrons. The molecule has 1 aromatic rings. The summed E-state index contributed by atoms with van der Waals surface area (Å²) in [6.45, 7) is 6.23. The highest BCUT2D eigenvalue weighted by molar-refractivity contribution is 5.94. The van der Waals surface area contributed by atoms with Crippen molar-refractivity contribution in [2.75, 3.05) is 18.0 Å². The summed E-state index contributed by atoms with van der Waals surface area (Å²) in [6, 6.07) is 8.15. The van der Waals surface area contributed by atoms with Gasteiger partial charge in [0.25, 0.3) is 5.91 Å². The van der Waals surface area contributed by atoms with Gasteiger partial charge in [-0.2, -0.15) is 0 Å². The van der Waals surface area contributed by atoms with Crippen LogP contribution in [0.15, 0.2) is 24.3 Å². The first-order chi connectivity index (χ1) is 11.0. The fourth-order valence-electron chi connectivity index (χ4n) is 3.78. The standard InChI is InChI=1S/C19H28N2O2/c1-19(2)11-3-4-17(19)20-18(23)14-5-7-15(8-6-14)21-12-9-16(22)10-13-21/h5-8,16-17,22H,3-4,9-13H2,1-2H3,(H,20,23). The molecule has 0 aromatic heterocycles. The first-order valence-electron chi connectivity index (χ1n) is 8.80. The number of aliphatic hydroxyl groups is 1. The number of benzene rings is 1. The molecule has 1 saturated carbocycles. The van der Waals surface area contributed by atoms with Crippen LogP contribution < -0.4 is 10.2 Å². The molecule has 2 N–H and O–H groups in total. The molecule has 1 aliphatic carbocycles. The zero-order valence-electron chi connectivity index (χ0n) is 14.2. The number of rotatable bonds is 3. The molecule has 2 fully saturated rings. The van der Waals surface area contributed by atoms with Crippen LogP contribution in [0, 0.1) is 5.41 Å². The average Bonchev–Trinajstić information content (AvgIpc) is 2.87. The highest BCUT2D eigenvalue weighted by Crippen LogP contribution is 2.37. The summed E-state index contributed by atoms with van der Waals surface area (Å²) in [5.41, 5.74) is 2.06. The van der Waals surface area contributed by atoms with Gasteiger partial charge in [0, 0.05) is 30.4 Å². The first kappa shape index (κ1) is 16.3. The molecular weight excluding hydrogens is 288 g/mol. The molecule has 1 aliphatic heterocycles. The normalized spacial score (nSPS) is 24.7. The van der Waals surface area contributed by atoms with Crippen molar-refractivity contribution in [2.24, 2.45) is 5.41 Å². The van der Waals surface area contributed by atoms with Gasteiger partial charge in [0.1, 0.15) is 0 Å². The van der Waals surface area contributed by atoms with E-state index in [2.05, 4.69) is 24.1 Å². The van der Waals surface area contributed by atoms with Crippen molar-refractivity contribution in [1.82, 2.24) is 5.32 Å². The van der Waals surface area contributed by atoms with E-state index < -0.39 is 0 Å². The molecule has 1 heterocycles. The Morgan fingerprint density at radius 1 is 1.17 bits per heavy atom. The Kier molecular flexibility index (Phi) is 4.62. The van der Waals surface area contributed by atoms with Crippen LogP contribution >= 0.6 is 0 Å². The fraction of sp³-hybridized carbons (Fsp3) is 0.632. The van der Waals surface area contributed by atoms with Crippen LogP contribution in [0.25, 0.3) is 0 Å². The molecule has 4 nitrogen and oxygen atoms in total. The maximum Gasteiger partial charge on any atom is 0.251 e. The van der Waals surface area contributed by atoms with E-state index in [9.17, 15) is 9.90 Å². The van der Waals surface area contributed by atoms with Gasteiger partial charge in [0.15, 0.2) is 0 Å². The monoisotopic (exact) mass is 316 g/mol. The Morgan fingerprint density at radius 3 is 2.39 bits per heavy atom. The van der Waals surface area contributed by atoms with Gasteiger partial charge in [0.05, 0.1) is 6.10 Å². The van der Waals surface area contributed by atoms with Gasteiger partial charge < -0.3 is 15.3 Å². The lowest BCUT2D eigenvalue weighted by atomic mass is 9.87. The largest absolute Gasteiger partial charge is 0.393 e. The Morgan fingerprint density at radius 2 is 1.83 bits per heavy atom. The number of carbonyl (C=O) groups excluding carboxylic acids is 1. The Labute approximate surface area is 138 Å². The summed E-state index contributed by atoms with van der Waals surface area (Å²) in [4.78, 5) is 14.7. The molecule has 0 spiro atoms. The highest BCUT2D eigenvalue weighted by Gasteiger charge is 2.35. The number of nitrogens with one attached hydrogen (secondary N) is 1. The molecule has 1 aromatic carbocycles. The lowest BCUT2D eigenvalue weighted by Crippen LogP contribution is -2.41. The third-order valence-electron chi connectivity index (χ3n) is 5.52. The van der Waals surface area contributed by atoms with Crippen molar-refractivity contribution < 1.29 is 9.90 Å². The predicted molar refractivity (Wildman–Crippen MR) is 92.8 cm³/mol. The van der Waals surface area contributed by atoms with Gasteiger partial charge >= 0.3 is 0 Å². The molecule has 1 unspecified atom stereocenters. The van der Waals surface area contributed by atoms with Crippen molar-refractivity contribution in [3.05, 3.63) is 29.8 Å². The number of piperidine rings is 1. The zero-order chi connectivity index (χ0) is 16.4. The lowest BCUT2D eigenvalue weighted by Gasteiger charge is -2.31. The van der Waals surface area contributed by atoms with E-state index in [4.69, 9.17) is 0 Å². The second kappa shape index (κ2) is 6.52. The minimum absolute atomic E-state index is 0.0330. The molecule has 4 heteroatoms.